The molecule has 3 heterocycles. The molecule has 3 aromatic rings. The molecule has 0 spiro atoms. The molecule has 1 fully saturated rings. The Bertz CT molecular complexity index is 1230. The van der Waals surface area contributed by atoms with E-state index in [1.54, 1.807) is 24.0 Å². The second-order valence-electron chi connectivity index (χ2n) is 7.03. The number of nitrogens with zero attached hydrogens (tertiary/aromatic N) is 4. The van der Waals surface area contributed by atoms with E-state index in [1.807, 2.05) is 11.0 Å². The van der Waals surface area contributed by atoms with E-state index in [0.717, 1.165) is 12.1 Å². The first-order chi connectivity index (χ1) is 14.9. The zero-order valence-corrected chi connectivity index (χ0v) is 16.5. The summed E-state index contributed by atoms with van der Waals surface area (Å²) in [6, 6.07) is 7.62. The van der Waals surface area contributed by atoms with Gasteiger partial charge in [0.15, 0.2) is 17.3 Å². The second kappa shape index (κ2) is 7.87. The summed E-state index contributed by atoms with van der Waals surface area (Å²) in [6.45, 7) is 2.97. The van der Waals surface area contributed by atoms with Gasteiger partial charge in [-0.1, -0.05) is 0 Å². The number of carbonyl (C=O) groups is 1. The fraction of sp³-hybridized carbons (Fsp3) is 0.238. The van der Waals surface area contributed by atoms with E-state index >= 15 is 0 Å². The third-order valence-electron chi connectivity index (χ3n) is 5.06. The van der Waals surface area contributed by atoms with Crippen LogP contribution < -0.4 is 10.3 Å². The number of oxazole rings is 1. The van der Waals surface area contributed by atoms with Gasteiger partial charge in [0, 0.05) is 31.7 Å². The average Bonchev–Trinajstić information content (AvgIpc) is 3.44. The van der Waals surface area contributed by atoms with E-state index in [1.165, 1.54) is 6.26 Å². The molecule has 1 amide bonds. The number of aryl methyl sites for hydroxylation is 1. The summed E-state index contributed by atoms with van der Waals surface area (Å²) in [5.74, 6) is -0.784. The minimum atomic E-state index is -0.936. The summed E-state index contributed by atoms with van der Waals surface area (Å²) in [5, 5.41) is 28.9. The predicted octanol–water partition coefficient (Wildman–Crippen LogP) is 1.85. The Balaban J connectivity index is 1.53. The SMILES string of the molecule is Cc1cc(O)c(=O)c(O)cc1C(=O)N1CCN(c2oc(-c3ccco3)nc2C#N)CC1. The van der Waals surface area contributed by atoms with Crippen molar-refractivity contribution in [1.82, 2.24) is 9.88 Å². The lowest BCUT2D eigenvalue weighted by atomic mass is 10.1. The fourth-order valence-corrected chi connectivity index (χ4v) is 3.41. The summed E-state index contributed by atoms with van der Waals surface area (Å²) in [5.41, 5.74) is -0.317. The van der Waals surface area contributed by atoms with E-state index < -0.39 is 16.9 Å². The number of hydrogen-bond acceptors (Lipinski definition) is 9. The van der Waals surface area contributed by atoms with Crippen LogP contribution >= 0.6 is 0 Å². The van der Waals surface area contributed by atoms with Gasteiger partial charge < -0.3 is 28.8 Å². The summed E-state index contributed by atoms with van der Waals surface area (Å²) in [4.78, 5) is 32.3. The molecule has 158 valence electrons. The maximum atomic E-state index is 13.0. The van der Waals surface area contributed by atoms with Gasteiger partial charge in [-0.05, 0) is 36.8 Å². The van der Waals surface area contributed by atoms with Crippen LogP contribution in [0.2, 0.25) is 0 Å². The van der Waals surface area contributed by atoms with Gasteiger partial charge in [-0.3, -0.25) is 9.59 Å². The standard InChI is InChI=1S/C21H18N4O6/c1-12-9-15(26)18(28)16(27)10-13(12)20(29)24-4-6-25(7-5-24)21-14(11-22)23-19(31-21)17-3-2-8-30-17/h2-3,8-10H,4-7H2,1H3,(H2,26,27,28). The number of anilines is 1. The highest BCUT2D eigenvalue weighted by Crippen LogP contribution is 2.29. The molecule has 0 saturated carbocycles. The van der Waals surface area contributed by atoms with Crippen LogP contribution in [0.5, 0.6) is 11.5 Å². The lowest BCUT2D eigenvalue weighted by Crippen LogP contribution is -2.49. The molecule has 31 heavy (non-hydrogen) atoms. The van der Waals surface area contributed by atoms with Gasteiger partial charge in [0.1, 0.15) is 6.07 Å². The second-order valence-corrected chi connectivity index (χ2v) is 7.03. The number of furan rings is 1. The molecular weight excluding hydrogens is 404 g/mol. The van der Waals surface area contributed by atoms with Crippen molar-refractivity contribution < 1.29 is 23.8 Å². The summed E-state index contributed by atoms with van der Waals surface area (Å²) >= 11 is 0. The topological polar surface area (TPSA) is 144 Å². The molecule has 1 saturated heterocycles. The van der Waals surface area contributed by atoms with Crippen LogP contribution in [0, 0.1) is 18.3 Å². The fourth-order valence-electron chi connectivity index (χ4n) is 3.41. The molecule has 2 aromatic heterocycles. The Labute approximate surface area is 176 Å². The van der Waals surface area contributed by atoms with Gasteiger partial charge in [0.05, 0.1) is 6.26 Å². The van der Waals surface area contributed by atoms with Crippen molar-refractivity contribution in [3.05, 3.63) is 57.6 Å². The van der Waals surface area contributed by atoms with Gasteiger partial charge in [0.25, 0.3) is 17.2 Å². The van der Waals surface area contributed by atoms with Gasteiger partial charge in [0.2, 0.25) is 11.6 Å². The highest BCUT2D eigenvalue weighted by Gasteiger charge is 2.28. The Morgan fingerprint density at radius 1 is 1.19 bits per heavy atom. The first kappa shape index (κ1) is 20.0. The van der Waals surface area contributed by atoms with Crippen LogP contribution in [0.25, 0.3) is 11.7 Å². The first-order valence-electron chi connectivity index (χ1n) is 9.45. The summed E-state index contributed by atoms with van der Waals surface area (Å²) < 4.78 is 11.0. The number of hydrogen-bond donors (Lipinski definition) is 2. The summed E-state index contributed by atoms with van der Waals surface area (Å²) in [7, 11) is 0. The van der Waals surface area contributed by atoms with Crippen molar-refractivity contribution in [3.63, 3.8) is 0 Å². The molecule has 2 N–H and O–H groups in total. The molecule has 0 radical (unpaired) electrons. The zero-order valence-electron chi connectivity index (χ0n) is 16.5. The number of piperazine rings is 1. The highest BCUT2D eigenvalue weighted by molar-refractivity contribution is 5.96. The van der Waals surface area contributed by atoms with E-state index in [2.05, 4.69) is 4.98 Å². The maximum Gasteiger partial charge on any atom is 0.266 e. The molecule has 0 bridgehead atoms. The number of rotatable bonds is 3. The molecule has 1 aliphatic heterocycles. The highest BCUT2D eigenvalue weighted by atomic mass is 16.4. The minimum absolute atomic E-state index is 0.125. The van der Waals surface area contributed by atoms with Crippen molar-refractivity contribution in [2.45, 2.75) is 6.92 Å². The molecule has 0 aliphatic carbocycles. The molecule has 10 heteroatoms. The van der Waals surface area contributed by atoms with Gasteiger partial charge >= 0.3 is 0 Å². The molecule has 10 nitrogen and oxygen atoms in total. The van der Waals surface area contributed by atoms with Crippen molar-refractivity contribution >= 4 is 11.8 Å². The van der Waals surface area contributed by atoms with E-state index in [4.69, 9.17) is 8.83 Å². The number of amides is 1. The van der Waals surface area contributed by atoms with E-state index in [9.17, 15) is 25.1 Å². The monoisotopic (exact) mass is 422 g/mol. The molecule has 1 aliphatic rings. The molecule has 0 unspecified atom stereocenters. The Kier molecular flexibility index (Phi) is 5.09. The average molecular weight is 422 g/mol. The van der Waals surface area contributed by atoms with Crippen molar-refractivity contribution in [2.24, 2.45) is 0 Å². The van der Waals surface area contributed by atoms with Crippen LogP contribution in [-0.2, 0) is 0 Å². The predicted molar refractivity (Wildman–Crippen MR) is 108 cm³/mol. The smallest absolute Gasteiger partial charge is 0.266 e. The molecule has 4 rings (SSSR count). The zero-order chi connectivity index (χ0) is 22.1. The molecule has 0 atom stereocenters. The third-order valence-corrected chi connectivity index (χ3v) is 5.06. The quantitative estimate of drug-likeness (QED) is 0.646. The van der Waals surface area contributed by atoms with Crippen LogP contribution in [0.4, 0.5) is 5.88 Å². The van der Waals surface area contributed by atoms with Gasteiger partial charge in [-0.25, -0.2) is 0 Å². The Morgan fingerprint density at radius 2 is 1.90 bits per heavy atom. The van der Waals surface area contributed by atoms with Crippen molar-refractivity contribution in [2.75, 3.05) is 31.1 Å². The van der Waals surface area contributed by atoms with Gasteiger partial charge in [-0.15, -0.1) is 0 Å². The molecule has 1 aromatic carbocycles. The third kappa shape index (κ3) is 3.69. The normalized spacial score (nSPS) is 13.8. The largest absolute Gasteiger partial charge is 0.504 e. The number of nitriles is 1. The Hall–Kier alpha value is -4.26. The van der Waals surface area contributed by atoms with Crippen LogP contribution in [0.1, 0.15) is 21.6 Å². The number of carbonyl (C=O) groups excluding carboxylic acids is 1. The first-order valence-corrected chi connectivity index (χ1v) is 9.45. The Morgan fingerprint density at radius 3 is 2.55 bits per heavy atom. The lowest BCUT2D eigenvalue weighted by Gasteiger charge is -2.34. The minimum Gasteiger partial charge on any atom is -0.504 e. The van der Waals surface area contributed by atoms with Gasteiger partial charge in [-0.2, -0.15) is 10.2 Å². The van der Waals surface area contributed by atoms with Crippen molar-refractivity contribution in [3.8, 4) is 29.2 Å². The molecular formula is C21H18N4O6. The number of aromatic nitrogens is 1. The van der Waals surface area contributed by atoms with Crippen LogP contribution in [0.15, 0.2) is 44.2 Å². The van der Waals surface area contributed by atoms with Crippen molar-refractivity contribution in [1.29, 1.82) is 5.26 Å². The van der Waals surface area contributed by atoms with Crippen LogP contribution in [0.3, 0.4) is 0 Å². The number of aromatic hydroxyl groups is 2. The lowest BCUT2D eigenvalue weighted by molar-refractivity contribution is 0.0744. The van der Waals surface area contributed by atoms with E-state index in [0.29, 0.717) is 43.4 Å². The summed E-state index contributed by atoms with van der Waals surface area (Å²) in [6.07, 6.45) is 1.48. The van der Waals surface area contributed by atoms with E-state index in [-0.39, 0.29) is 23.1 Å². The maximum absolute atomic E-state index is 13.0. The van der Waals surface area contributed by atoms with Crippen LogP contribution in [-0.4, -0.2) is 52.2 Å².